The quantitative estimate of drug-likeness (QED) is 0.323. The van der Waals surface area contributed by atoms with Crippen LogP contribution in [0, 0.1) is 5.92 Å². The maximum absolute atomic E-state index is 12.2. The van der Waals surface area contributed by atoms with E-state index in [9.17, 15) is 13.0 Å². The van der Waals surface area contributed by atoms with Crippen LogP contribution in [0.1, 0.15) is 76.8 Å². The van der Waals surface area contributed by atoms with Gasteiger partial charge in [-0.15, -0.1) is 0 Å². The maximum Gasteiger partial charge on any atom is 1.00 e. The number of hydrogen-bond donors (Lipinski definition) is 0. The molecule has 0 saturated carbocycles. The standard InChI is InChI=1S/C23H34O3S.Na/c1-4-5-6-7-8-15-21-20(14-11-12-18(2)3)17-19-13-9-10-16-22(19)23(21)27(24,25)26;/h9-10,13,16-18H,4-8,11-12,14-15H2,1-3H3,(H,24,25,26);/q;+1/p-1. The summed E-state index contributed by atoms with van der Waals surface area (Å²) in [5.74, 6) is 0.616. The average Bonchev–Trinajstić information content (AvgIpc) is 2.60. The molecule has 0 amide bonds. The number of unbranched alkanes of at least 4 members (excludes halogenated alkanes) is 4. The van der Waals surface area contributed by atoms with Gasteiger partial charge in [-0.1, -0.05) is 83.2 Å². The predicted molar refractivity (Wildman–Crippen MR) is 112 cm³/mol. The van der Waals surface area contributed by atoms with Gasteiger partial charge in [0, 0.05) is 0 Å². The SMILES string of the molecule is CCCCCCCc1c(CCCC(C)C)cc2ccccc2c1S(=O)(=O)[O-].[Na+]. The van der Waals surface area contributed by atoms with Crippen LogP contribution in [0.25, 0.3) is 10.8 Å². The fourth-order valence-corrected chi connectivity index (χ4v) is 4.79. The molecule has 0 heterocycles. The van der Waals surface area contributed by atoms with Gasteiger partial charge in [-0.25, -0.2) is 8.42 Å². The molecule has 0 aliphatic heterocycles. The summed E-state index contributed by atoms with van der Waals surface area (Å²) >= 11 is 0. The second-order valence-corrected chi connectivity index (χ2v) is 9.29. The topological polar surface area (TPSA) is 57.2 Å². The van der Waals surface area contributed by atoms with Crippen LogP contribution < -0.4 is 29.6 Å². The van der Waals surface area contributed by atoms with Crippen LogP contribution in [0.15, 0.2) is 35.2 Å². The molecule has 3 nitrogen and oxygen atoms in total. The molecule has 2 aromatic rings. The maximum atomic E-state index is 12.2. The summed E-state index contributed by atoms with van der Waals surface area (Å²) < 4.78 is 36.5. The van der Waals surface area contributed by atoms with Crippen LogP contribution in [0.3, 0.4) is 0 Å². The summed E-state index contributed by atoms with van der Waals surface area (Å²) in [7, 11) is -4.52. The molecule has 2 rings (SSSR count). The van der Waals surface area contributed by atoms with Gasteiger partial charge in [0.1, 0.15) is 10.1 Å². The number of benzene rings is 2. The van der Waals surface area contributed by atoms with Crippen LogP contribution in [0.4, 0.5) is 0 Å². The van der Waals surface area contributed by atoms with Crippen molar-refractivity contribution in [1.29, 1.82) is 0 Å². The monoisotopic (exact) mass is 412 g/mol. The molecule has 0 aromatic heterocycles. The summed E-state index contributed by atoms with van der Waals surface area (Å²) in [4.78, 5) is 0.0237. The minimum atomic E-state index is -4.52. The summed E-state index contributed by atoms with van der Waals surface area (Å²) in [6, 6.07) is 9.47. The first kappa shape index (κ1) is 25.6. The molecule has 150 valence electrons. The molecule has 0 bridgehead atoms. The third-order valence-electron chi connectivity index (χ3n) is 5.20. The van der Waals surface area contributed by atoms with Crippen molar-refractivity contribution in [2.24, 2.45) is 5.92 Å². The number of rotatable bonds is 11. The molecular formula is C23H33NaO3S. The Morgan fingerprint density at radius 2 is 1.64 bits per heavy atom. The molecule has 0 spiro atoms. The first-order valence-electron chi connectivity index (χ1n) is 10.3. The van der Waals surface area contributed by atoms with Gasteiger partial charge in [0.05, 0.1) is 4.90 Å². The van der Waals surface area contributed by atoms with Gasteiger partial charge in [-0.3, -0.25) is 0 Å². The molecule has 0 atom stereocenters. The van der Waals surface area contributed by atoms with Crippen molar-refractivity contribution >= 4 is 20.9 Å². The Morgan fingerprint density at radius 3 is 2.29 bits per heavy atom. The van der Waals surface area contributed by atoms with Gasteiger partial charge in [0.25, 0.3) is 0 Å². The van der Waals surface area contributed by atoms with E-state index in [1.165, 1.54) is 12.8 Å². The Kier molecular flexibility index (Phi) is 11.3. The van der Waals surface area contributed by atoms with E-state index in [4.69, 9.17) is 0 Å². The van der Waals surface area contributed by atoms with E-state index in [0.29, 0.717) is 17.7 Å². The molecule has 0 radical (unpaired) electrons. The summed E-state index contributed by atoms with van der Waals surface area (Å²) in [5.41, 5.74) is 1.81. The third-order valence-corrected chi connectivity index (χ3v) is 6.17. The Morgan fingerprint density at radius 1 is 0.964 bits per heavy atom. The van der Waals surface area contributed by atoms with Crippen molar-refractivity contribution < 1.29 is 42.5 Å². The normalized spacial score (nSPS) is 11.8. The Balaban J connectivity index is 0.00000392. The zero-order valence-corrected chi connectivity index (χ0v) is 20.8. The van der Waals surface area contributed by atoms with Crippen molar-refractivity contribution in [3.05, 3.63) is 41.5 Å². The van der Waals surface area contributed by atoms with Crippen molar-refractivity contribution in [1.82, 2.24) is 0 Å². The summed E-state index contributed by atoms with van der Waals surface area (Å²) in [6.07, 6.45) is 9.15. The fraction of sp³-hybridized carbons (Fsp3) is 0.565. The van der Waals surface area contributed by atoms with Crippen molar-refractivity contribution in [3.8, 4) is 0 Å². The third kappa shape index (κ3) is 7.46. The van der Waals surface area contributed by atoms with E-state index in [1.807, 2.05) is 12.1 Å². The van der Waals surface area contributed by atoms with Crippen LogP contribution in [-0.2, 0) is 23.0 Å². The smallest absolute Gasteiger partial charge is 0.744 e. The zero-order valence-electron chi connectivity index (χ0n) is 18.0. The minimum Gasteiger partial charge on any atom is -0.744 e. The van der Waals surface area contributed by atoms with Crippen LogP contribution in [-0.4, -0.2) is 13.0 Å². The van der Waals surface area contributed by atoms with Gasteiger partial charge in [0.15, 0.2) is 0 Å². The van der Waals surface area contributed by atoms with Gasteiger partial charge in [0.2, 0.25) is 0 Å². The summed E-state index contributed by atoms with van der Waals surface area (Å²) in [5, 5.41) is 1.42. The zero-order chi connectivity index (χ0) is 19.9. The van der Waals surface area contributed by atoms with Gasteiger partial charge < -0.3 is 4.55 Å². The van der Waals surface area contributed by atoms with E-state index in [2.05, 4.69) is 26.8 Å². The van der Waals surface area contributed by atoms with Gasteiger partial charge in [-0.2, -0.15) is 0 Å². The average molecular weight is 413 g/mol. The molecule has 5 heteroatoms. The van der Waals surface area contributed by atoms with E-state index in [1.54, 1.807) is 12.1 Å². The molecule has 0 fully saturated rings. The van der Waals surface area contributed by atoms with E-state index < -0.39 is 10.1 Å². The molecule has 0 N–H and O–H groups in total. The first-order valence-corrected chi connectivity index (χ1v) is 11.7. The van der Waals surface area contributed by atoms with Gasteiger partial charge in [-0.05, 0) is 53.5 Å². The number of fused-ring (bicyclic) bond motifs is 1. The van der Waals surface area contributed by atoms with Crippen molar-refractivity contribution in [2.45, 2.75) is 83.5 Å². The molecule has 0 saturated heterocycles. The largest absolute Gasteiger partial charge is 1.00 e. The fourth-order valence-electron chi connectivity index (χ4n) is 3.80. The van der Waals surface area contributed by atoms with Crippen molar-refractivity contribution in [2.75, 3.05) is 0 Å². The van der Waals surface area contributed by atoms with Crippen LogP contribution in [0.2, 0.25) is 0 Å². The molecule has 0 unspecified atom stereocenters. The van der Waals surface area contributed by atoms with E-state index >= 15 is 0 Å². The molecule has 0 aliphatic rings. The van der Waals surface area contributed by atoms with Crippen LogP contribution in [0.5, 0.6) is 0 Å². The Bertz CT molecular complexity index is 844. The second-order valence-electron chi connectivity index (χ2n) is 7.97. The molecular weight excluding hydrogens is 379 g/mol. The Hall–Kier alpha value is -0.390. The van der Waals surface area contributed by atoms with E-state index in [0.717, 1.165) is 55.0 Å². The molecule has 28 heavy (non-hydrogen) atoms. The second kappa shape index (κ2) is 12.3. The van der Waals surface area contributed by atoms with Crippen molar-refractivity contribution in [3.63, 3.8) is 0 Å². The first-order chi connectivity index (χ1) is 12.8. The summed E-state index contributed by atoms with van der Waals surface area (Å²) in [6.45, 7) is 6.57. The van der Waals surface area contributed by atoms with Gasteiger partial charge >= 0.3 is 29.6 Å². The predicted octanol–water partition coefficient (Wildman–Crippen LogP) is 3.24. The van der Waals surface area contributed by atoms with Crippen LogP contribution >= 0.6 is 0 Å². The number of aryl methyl sites for hydroxylation is 1. The molecule has 0 aliphatic carbocycles. The van der Waals surface area contributed by atoms with E-state index in [-0.39, 0.29) is 34.5 Å². The minimum absolute atomic E-state index is 0. The molecule has 2 aromatic carbocycles. The Labute approximate surface area is 193 Å². The number of hydrogen-bond acceptors (Lipinski definition) is 3.